The van der Waals surface area contributed by atoms with Crippen molar-refractivity contribution in [3.8, 4) is 0 Å². The molecular formula is C17H25ClN2O. The first-order chi connectivity index (χ1) is 10.3. The van der Waals surface area contributed by atoms with Crippen LogP contribution in [-0.4, -0.2) is 30.3 Å². The van der Waals surface area contributed by atoms with Gasteiger partial charge in [0, 0.05) is 25.2 Å². The maximum Gasteiger partial charge on any atom is 0.0643 e. The number of rotatable bonds is 7. The molecule has 2 aliphatic rings. The van der Waals surface area contributed by atoms with Crippen molar-refractivity contribution in [1.29, 1.82) is 0 Å². The monoisotopic (exact) mass is 308 g/mol. The summed E-state index contributed by atoms with van der Waals surface area (Å²) < 4.78 is 0. The van der Waals surface area contributed by atoms with E-state index in [1.165, 1.54) is 44.1 Å². The highest BCUT2D eigenvalue weighted by atomic mass is 35.5. The van der Waals surface area contributed by atoms with Gasteiger partial charge in [-0.1, -0.05) is 36.6 Å². The van der Waals surface area contributed by atoms with Gasteiger partial charge < -0.3 is 15.3 Å². The van der Waals surface area contributed by atoms with E-state index in [9.17, 15) is 5.11 Å². The van der Waals surface area contributed by atoms with Crippen LogP contribution in [0.3, 0.4) is 0 Å². The van der Waals surface area contributed by atoms with E-state index < -0.39 is 0 Å². The van der Waals surface area contributed by atoms with Crippen LogP contribution in [0, 0.1) is 0 Å². The van der Waals surface area contributed by atoms with Gasteiger partial charge in [-0.05, 0) is 37.3 Å². The van der Waals surface area contributed by atoms with E-state index in [1.54, 1.807) is 0 Å². The largest absolute Gasteiger partial charge is 0.395 e. The molecule has 0 aromatic heterocycles. The topological polar surface area (TPSA) is 35.5 Å². The molecule has 116 valence electrons. The van der Waals surface area contributed by atoms with Crippen molar-refractivity contribution in [3.63, 3.8) is 0 Å². The van der Waals surface area contributed by atoms with Gasteiger partial charge in [-0.25, -0.2) is 0 Å². The molecule has 0 unspecified atom stereocenters. The highest BCUT2D eigenvalue weighted by molar-refractivity contribution is 6.33. The molecule has 1 aromatic carbocycles. The summed E-state index contributed by atoms with van der Waals surface area (Å²) in [5.41, 5.74) is 2.39. The molecule has 0 spiro atoms. The molecule has 0 radical (unpaired) electrons. The number of halogens is 1. The van der Waals surface area contributed by atoms with Crippen molar-refractivity contribution in [2.75, 3.05) is 18.1 Å². The highest BCUT2D eigenvalue weighted by Crippen LogP contribution is 2.36. The van der Waals surface area contributed by atoms with Crippen molar-refractivity contribution >= 4 is 17.3 Å². The Balaban J connectivity index is 1.84. The molecule has 3 rings (SSSR count). The molecule has 4 heteroatoms. The predicted octanol–water partition coefficient (Wildman–Crippen LogP) is 3.33. The molecule has 1 aromatic rings. The molecule has 2 aliphatic carbocycles. The van der Waals surface area contributed by atoms with E-state index in [4.69, 9.17) is 11.6 Å². The summed E-state index contributed by atoms with van der Waals surface area (Å²) in [7, 11) is 0. The van der Waals surface area contributed by atoms with Gasteiger partial charge in [-0.3, -0.25) is 0 Å². The number of nitrogens with one attached hydrogen (secondary N) is 1. The van der Waals surface area contributed by atoms with E-state index in [0.29, 0.717) is 18.6 Å². The number of benzene rings is 1. The average molecular weight is 309 g/mol. The van der Waals surface area contributed by atoms with Crippen molar-refractivity contribution in [3.05, 3.63) is 28.8 Å². The number of hydrogen-bond acceptors (Lipinski definition) is 3. The van der Waals surface area contributed by atoms with Gasteiger partial charge in [0.1, 0.15) is 0 Å². The Morgan fingerprint density at radius 3 is 2.62 bits per heavy atom. The van der Waals surface area contributed by atoms with E-state index in [0.717, 1.165) is 17.3 Å². The average Bonchev–Trinajstić information content (AvgIpc) is 3.16. The minimum atomic E-state index is 0.178. The van der Waals surface area contributed by atoms with E-state index >= 15 is 0 Å². The Labute approximate surface area is 132 Å². The quantitative estimate of drug-likeness (QED) is 0.811. The normalized spacial score (nSPS) is 19.1. The molecule has 2 fully saturated rings. The van der Waals surface area contributed by atoms with Crippen LogP contribution >= 0.6 is 11.6 Å². The van der Waals surface area contributed by atoms with E-state index in [2.05, 4.69) is 16.3 Å². The number of nitrogens with zero attached hydrogens (tertiary/aromatic N) is 1. The maximum atomic E-state index is 9.47. The Kier molecular flexibility index (Phi) is 5.04. The molecular weight excluding hydrogens is 284 g/mol. The lowest BCUT2D eigenvalue weighted by atomic mass is 10.1. The van der Waals surface area contributed by atoms with Crippen LogP contribution < -0.4 is 10.2 Å². The van der Waals surface area contributed by atoms with Crippen LogP contribution in [0.2, 0.25) is 5.02 Å². The lowest BCUT2D eigenvalue weighted by molar-refractivity contribution is 0.297. The van der Waals surface area contributed by atoms with Gasteiger partial charge in [0.25, 0.3) is 0 Å². The second-order valence-electron chi connectivity index (χ2n) is 6.26. The summed E-state index contributed by atoms with van der Waals surface area (Å²) >= 11 is 6.52. The van der Waals surface area contributed by atoms with Crippen molar-refractivity contribution in [2.45, 2.75) is 57.2 Å². The molecule has 0 saturated heterocycles. The van der Waals surface area contributed by atoms with Gasteiger partial charge in [-0.15, -0.1) is 0 Å². The second kappa shape index (κ2) is 6.99. The predicted molar refractivity (Wildman–Crippen MR) is 88.0 cm³/mol. The van der Waals surface area contributed by atoms with Crippen LogP contribution in [-0.2, 0) is 6.54 Å². The molecule has 0 aliphatic heterocycles. The van der Waals surface area contributed by atoms with Gasteiger partial charge in [0.2, 0.25) is 0 Å². The maximum absolute atomic E-state index is 9.47. The molecule has 21 heavy (non-hydrogen) atoms. The highest BCUT2D eigenvalue weighted by Gasteiger charge is 2.26. The SMILES string of the molecule is OCCN(c1c(Cl)cccc1CNC1CC1)C1CCCC1. The fraction of sp³-hybridized carbons (Fsp3) is 0.647. The summed E-state index contributed by atoms with van der Waals surface area (Å²) in [4.78, 5) is 2.35. The van der Waals surface area contributed by atoms with E-state index in [-0.39, 0.29) is 6.61 Å². The lowest BCUT2D eigenvalue weighted by Gasteiger charge is -2.33. The minimum Gasteiger partial charge on any atom is -0.395 e. The smallest absolute Gasteiger partial charge is 0.0643 e. The number of anilines is 1. The van der Waals surface area contributed by atoms with Gasteiger partial charge >= 0.3 is 0 Å². The van der Waals surface area contributed by atoms with Crippen LogP contribution in [0.4, 0.5) is 5.69 Å². The summed E-state index contributed by atoms with van der Waals surface area (Å²) in [6.45, 7) is 1.72. The zero-order valence-electron chi connectivity index (χ0n) is 12.5. The first kappa shape index (κ1) is 15.1. The van der Waals surface area contributed by atoms with E-state index in [1.807, 2.05) is 12.1 Å². The third-order valence-electron chi connectivity index (χ3n) is 4.62. The third-order valence-corrected chi connectivity index (χ3v) is 4.93. The van der Waals surface area contributed by atoms with Crippen LogP contribution in [0.25, 0.3) is 0 Å². The Bertz CT molecular complexity index is 470. The number of hydrogen-bond donors (Lipinski definition) is 2. The molecule has 0 bridgehead atoms. The summed E-state index contributed by atoms with van der Waals surface area (Å²) in [5, 5.41) is 13.9. The standard InChI is InChI=1S/C17H25ClN2O/c18-16-7-3-4-13(12-19-14-8-9-14)17(16)20(10-11-21)15-5-1-2-6-15/h3-4,7,14-15,19,21H,1-2,5-6,8-12H2. The van der Waals surface area contributed by atoms with Crippen LogP contribution in [0.1, 0.15) is 44.1 Å². The number of aliphatic hydroxyl groups excluding tert-OH is 1. The van der Waals surface area contributed by atoms with Crippen LogP contribution in [0.5, 0.6) is 0 Å². The Morgan fingerprint density at radius 2 is 1.95 bits per heavy atom. The first-order valence-electron chi connectivity index (χ1n) is 8.18. The number of para-hydroxylation sites is 1. The third kappa shape index (κ3) is 3.71. The van der Waals surface area contributed by atoms with Gasteiger partial charge in [0.05, 0.1) is 17.3 Å². The zero-order valence-corrected chi connectivity index (χ0v) is 13.3. The fourth-order valence-corrected chi connectivity index (χ4v) is 3.67. The van der Waals surface area contributed by atoms with Gasteiger partial charge in [-0.2, -0.15) is 0 Å². The Morgan fingerprint density at radius 1 is 1.19 bits per heavy atom. The number of aliphatic hydroxyl groups is 1. The molecule has 0 atom stereocenters. The van der Waals surface area contributed by atoms with Crippen LogP contribution in [0.15, 0.2) is 18.2 Å². The fourth-order valence-electron chi connectivity index (χ4n) is 3.37. The summed E-state index contributed by atoms with van der Waals surface area (Å²) in [6.07, 6.45) is 7.57. The minimum absolute atomic E-state index is 0.178. The summed E-state index contributed by atoms with van der Waals surface area (Å²) in [6, 6.07) is 7.38. The van der Waals surface area contributed by atoms with Crippen molar-refractivity contribution in [1.82, 2.24) is 5.32 Å². The molecule has 0 heterocycles. The van der Waals surface area contributed by atoms with Crippen molar-refractivity contribution < 1.29 is 5.11 Å². The molecule has 2 N–H and O–H groups in total. The molecule has 2 saturated carbocycles. The summed E-state index contributed by atoms with van der Waals surface area (Å²) in [5.74, 6) is 0. The second-order valence-corrected chi connectivity index (χ2v) is 6.67. The van der Waals surface area contributed by atoms with Gasteiger partial charge in [0.15, 0.2) is 0 Å². The Hall–Kier alpha value is -0.770. The lowest BCUT2D eigenvalue weighted by Crippen LogP contribution is -2.37. The first-order valence-corrected chi connectivity index (χ1v) is 8.55. The molecule has 3 nitrogen and oxygen atoms in total. The van der Waals surface area contributed by atoms with Crippen molar-refractivity contribution in [2.24, 2.45) is 0 Å². The zero-order chi connectivity index (χ0) is 14.7. The molecule has 0 amide bonds.